The number of carbonyl (C=O) groups is 2. The number of rotatable bonds is 7. The molecule has 3 aromatic rings. The predicted molar refractivity (Wildman–Crippen MR) is 108 cm³/mol. The van der Waals surface area contributed by atoms with Gasteiger partial charge in [0.1, 0.15) is 11.8 Å². The van der Waals surface area contributed by atoms with Gasteiger partial charge in [-0.2, -0.15) is 5.26 Å². The molecule has 9 heteroatoms. The lowest BCUT2D eigenvalue weighted by atomic mass is 10.2. The molecule has 0 spiro atoms. The molecule has 0 saturated carbocycles. The quantitative estimate of drug-likeness (QED) is 0.619. The van der Waals surface area contributed by atoms with Gasteiger partial charge in [0, 0.05) is 17.2 Å². The van der Waals surface area contributed by atoms with Crippen molar-refractivity contribution in [1.29, 1.82) is 5.26 Å². The fraction of sp³-hybridized carbons (Fsp3) is 0.158. The molecule has 0 fully saturated rings. The van der Waals surface area contributed by atoms with Crippen LogP contribution in [0.2, 0.25) is 0 Å². The number of thiophene rings is 1. The highest BCUT2D eigenvalue weighted by Gasteiger charge is 2.11. The number of benzene rings is 1. The molecule has 2 aromatic heterocycles. The molecule has 7 nitrogen and oxygen atoms in total. The summed E-state index contributed by atoms with van der Waals surface area (Å²) in [5.74, 6) is -0.0651. The van der Waals surface area contributed by atoms with Crippen molar-refractivity contribution < 1.29 is 14.3 Å². The zero-order valence-corrected chi connectivity index (χ0v) is 16.5. The van der Waals surface area contributed by atoms with E-state index in [9.17, 15) is 9.59 Å². The van der Waals surface area contributed by atoms with Crippen LogP contribution in [-0.4, -0.2) is 23.4 Å². The van der Waals surface area contributed by atoms with E-state index in [1.54, 1.807) is 24.3 Å². The summed E-state index contributed by atoms with van der Waals surface area (Å²) >= 11 is 2.85. The third-order valence-electron chi connectivity index (χ3n) is 3.54. The van der Waals surface area contributed by atoms with Gasteiger partial charge in [0.2, 0.25) is 5.91 Å². The van der Waals surface area contributed by atoms with Gasteiger partial charge in [0.05, 0.1) is 22.7 Å². The Hall–Kier alpha value is -3.22. The van der Waals surface area contributed by atoms with E-state index in [2.05, 4.69) is 15.6 Å². The number of thiazole rings is 1. The fourth-order valence-corrected chi connectivity index (χ4v) is 3.96. The number of hydrogen-bond acceptors (Lipinski definition) is 7. The first-order valence-electron chi connectivity index (χ1n) is 8.26. The van der Waals surface area contributed by atoms with Gasteiger partial charge in [-0.15, -0.1) is 22.7 Å². The molecule has 3 rings (SSSR count). The van der Waals surface area contributed by atoms with Crippen molar-refractivity contribution in [2.45, 2.75) is 13.5 Å². The second kappa shape index (κ2) is 9.12. The smallest absolute Gasteiger partial charge is 0.264 e. The summed E-state index contributed by atoms with van der Waals surface area (Å²) < 4.78 is 5.41. The SMILES string of the molecule is CC(=O)NCc1ccc(-c2csc(NC(=O)COc3ccccc3C#N)n2)s1. The van der Waals surface area contributed by atoms with Crippen LogP contribution >= 0.6 is 22.7 Å². The lowest BCUT2D eigenvalue weighted by Gasteiger charge is -2.06. The number of para-hydroxylation sites is 1. The van der Waals surface area contributed by atoms with Crippen molar-refractivity contribution in [3.63, 3.8) is 0 Å². The second-order valence-corrected chi connectivity index (χ2v) is 7.68. The van der Waals surface area contributed by atoms with Crippen LogP contribution in [0.1, 0.15) is 17.4 Å². The molecule has 0 atom stereocenters. The van der Waals surface area contributed by atoms with Crippen LogP contribution in [-0.2, 0) is 16.1 Å². The summed E-state index contributed by atoms with van der Waals surface area (Å²) in [6.45, 7) is 1.75. The maximum absolute atomic E-state index is 12.1. The Kier molecular flexibility index (Phi) is 6.37. The summed E-state index contributed by atoms with van der Waals surface area (Å²) in [5.41, 5.74) is 1.13. The molecule has 0 bridgehead atoms. The van der Waals surface area contributed by atoms with Crippen molar-refractivity contribution in [2.24, 2.45) is 0 Å². The molecule has 2 amide bonds. The van der Waals surface area contributed by atoms with Gasteiger partial charge in [-0.25, -0.2) is 4.98 Å². The fourth-order valence-electron chi connectivity index (χ4n) is 2.25. The van der Waals surface area contributed by atoms with Crippen molar-refractivity contribution in [2.75, 3.05) is 11.9 Å². The molecule has 0 aliphatic carbocycles. The highest BCUT2D eigenvalue weighted by molar-refractivity contribution is 7.17. The van der Waals surface area contributed by atoms with E-state index >= 15 is 0 Å². The number of nitrogens with one attached hydrogen (secondary N) is 2. The molecular formula is C19H16N4O3S2. The third kappa shape index (κ3) is 5.16. The average molecular weight is 412 g/mol. The molecule has 0 unspecified atom stereocenters. The monoisotopic (exact) mass is 412 g/mol. The minimum Gasteiger partial charge on any atom is -0.482 e. The van der Waals surface area contributed by atoms with Gasteiger partial charge in [-0.05, 0) is 24.3 Å². The van der Waals surface area contributed by atoms with Gasteiger partial charge in [-0.3, -0.25) is 14.9 Å². The van der Waals surface area contributed by atoms with Crippen LogP contribution in [0.15, 0.2) is 41.8 Å². The molecule has 142 valence electrons. The number of nitriles is 1. The van der Waals surface area contributed by atoms with E-state index in [-0.39, 0.29) is 18.4 Å². The Morgan fingerprint density at radius 1 is 1.25 bits per heavy atom. The molecule has 2 N–H and O–H groups in total. The minimum atomic E-state index is -0.355. The van der Waals surface area contributed by atoms with Crippen LogP contribution in [0.5, 0.6) is 5.75 Å². The van der Waals surface area contributed by atoms with Crippen molar-refractivity contribution in [1.82, 2.24) is 10.3 Å². The zero-order chi connectivity index (χ0) is 19.9. The maximum atomic E-state index is 12.1. The first kappa shape index (κ1) is 19.5. The van der Waals surface area contributed by atoms with E-state index in [4.69, 9.17) is 10.00 Å². The molecular weight excluding hydrogens is 396 g/mol. The number of anilines is 1. The predicted octanol–water partition coefficient (Wildman–Crippen LogP) is 3.40. The Balaban J connectivity index is 1.56. The number of nitrogens with zero attached hydrogens (tertiary/aromatic N) is 2. The number of ether oxygens (including phenoxy) is 1. The lowest BCUT2D eigenvalue weighted by Crippen LogP contribution is -2.20. The Morgan fingerprint density at radius 2 is 2.07 bits per heavy atom. The van der Waals surface area contributed by atoms with Gasteiger partial charge in [-0.1, -0.05) is 12.1 Å². The lowest BCUT2D eigenvalue weighted by molar-refractivity contribution is -0.119. The average Bonchev–Trinajstić information content (AvgIpc) is 3.34. The molecule has 0 radical (unpaired) electrons. The second-order valence-electron chi connectivity index (χ2n) is 5.66. The summed E-state index contributed by atoms with van der Waals surface area (Å²) in [4.78, 5) is 29.5. The zero-order valence-electron chi connectivity index (χ0n) is 14.9. The van der Waals surface area contributed by atoms with E-state index in [1.807, 2.05) is 23.6 Å². The highest BCUT2D eigenvalue weighted by atomic mass is 32.1. The van der Waals surface area contributed by atoms with Crippen molar-refractivity contribution >= 4 is 39.6 Å². The normalized spacial score (nSPS) is 10.1. The number of carbonyl (C=O) groups excluding carboxylic acids is 2. The molecule has 28 heavy (non-hydrogen) atoms. The van der Waals surface area contributed by atoms with Crippen LogP contribution in [0, 0.1) is 11.3 Å². The van der Waals surface area contributed by atoms with Gasteiger partial charge < -0.3 is 10.1 Å². The van der Waals surface area contributed by atoms with E-state index in [0.717, 1.165) is 15.4 Å². The molecule has 0 aliphatic heterocycles. The number of amides is 2. The van der Waals surface area contributed by atoms with Gasteiger partial charge in [0.25, 0.3) is 5.91 Å². The Labute approximate surface area is 169 Å². The minimum absolute atomic E-state index is 0.0757. The van der Waals surface area contributed by atoms with E-state index in [1.165, 1.54) is 29.6 Å². The Morgan fingerprint density at radius 3 is 2.86 bits per heavy atom. The number of aromatic nitrogens is 1. The number of hydrogen-bond donors (Lipinski definition) is 2. The molecule has 1 aromatic carbocycles. The summed E-state index contributed by atoms with van der Waals surface area (Å²) in [6.07, 6.45) is 0. The summed E-state index contributed by atoms with van der Waals surface area (Å²) in [6, 6.07) is 12.6. The summed E-state index contributed by atoms with van der Waals surface area (Å²) in [7, 11) is 0. The van der Waals surface area contributed by atoms with Crippen LogP contribution in [0.3, 0.4) is 0 Å². The van der Waals surface area contributed by atoms with Crippen molar-refractivity contribution in [3.8, 4) is 22.4 Å². The first-order chi connectivity index (χ1) is 13.5. The van der Waals surface area contributed by atoms with Crippen LogP contribution < -0.4 is 15.4 Å². The largest absolute Gasteiger partial charge is 0.482 e. The third-order valence-corrected chi connectivity index (χ3v) is 5.41. The maximum Gasteiger partial charge on any atom is 0.264 e. The Bertz CT molecular complexity index is 1040. The molecule has 0 aliphatic rings. The van der Waals surface area contributed by atoms with Crippen molar-refractivity contribution in [3.05, 3.63) is 52.2 Å². The molecule has 0 saturated heterocycles. The van der Waals surface area contributed by atoms with E-state index < -0.39 is 0 Å². The highest BCUT2D eigenvalue weighted by Crippen LogP contribution is 2.30. The van der Waals surface area contributed by atoms with Gasteiger partial charge in [0.15, 0.2) is 11.7 Å². The summed E-state index contributed by atoms with van der Waals surface area (Å²) in [5, 5.41) is 16.8. The first-order valence-corrected chi connectivity index (χ1v) is 9.95. The van der Waals surface area contributed by atoms with Crippen LogP contribution in [0.25, 0.3) is 10.6 Å². The molecule has 2 heterocycles. The van der Waals surface area contributed by atoms with E-state index in [0.29, 0.717) is 23.0 Å². The van der Waals surface area contributed by atoms with Gasteiger partial charge >= 0.3 is 0 Å². The topological polar surface area (TPSA) is 104 Å². The standard InChI is InChI=1S/C19H16N4O3S2/c1-12(24)21-9-14-6-7-17(28-14)15-11-27-19(22-15)23-18(25)10-26-16-5-3-2-4-13(16)8-20/h2-7,11H,9-10H2,1H3,(H,21,24)(H,22,23,25). The van der Waals surface area contributed by atoms with Crippen LogP contribution in [0.4, 0.5) is 5.13 Å².